The molecule has 0 spiro atoms. The van der Waals surface area contributed by atoms with Crippen LogP contribution in [0.5, 0.6) is 0 Å². The van der Waals surface area contributed by atoms with E-state index in [0.29, 0.717) is 0 Å². The van der Waals surface area contributed by atoms with E-state index >= 15 is 0 Å². The maximum absolute atomic E-state index is 6.76. The molecule has 4 heteroatoms. The lowest BCUT2D eigenvalue weighted by molar-refractivity contribution is 0.664. The van der Waals surface area contributed by atoms with Gasteiger partial charge >= 0.3 is 0 Å². The molecular weight excluding hydrogens is 829 g/mol. The Morgan fingerprint density at radius 3 is 1.06 bits per heavy atom. The predicted octanol–water partition coefficient (Wildman–Crippen LogP) is 18.7. The topological polar surface area (TPSA) is 32.8 Å². The molecule has 4 nitrogen and oxygen atoms in total. The number of benzene rings is 11. The molecule has 13 aromatic rings. The predicted molar refractivity (Wildman–Crippen MR) is 286 cm³/mol. The van der Waals surface area contributed by atoms with Crippen LogP contribution in [0, 0.1) is 13.8 Å². The highest BCUT2D eigenvalue weighted by Crippen LogP contribution is 2.46. The third kappa shape index (κ3) is 6.60. The van der Waals surface area contributed by atoms with Gasteiger partial charge < -0.3 is 18.6 Å². The van der Waals surface area contributed by atoms with E-state index in [1.54, 1.807) is 0 Å². The van der Waals surface area contributed by atoms with Crippen molar-refractivity contribution in [2.24, 2.45) is 0 Å². The number of para-hydroxylation sites is 4. The van der Waals surface area contributed by atoms with E-state index in [9.17, 15) is 0 Å². The summed E-state index contributed by atoms with van der Waals surface area (Å²) in [6.07, 6.45) is 0. The molecule has 0 saturated heterocycles. The second kappa shape index (κ2) is 15.9. The van der Waals surface area contributed by atoms with Gasteiger partial charge in [-0.15, -0.1) is 0 Å². The molecule has 0 aliphatic heterocycles. The van der Waals surface area contributed by atoms with Crippen molar-refractivity contribution in [3.8, 4) is 22.3 Å². The Labute approximate surface area is 394 Å². The molecule has 68 heavy (non-hydrogen) atoms. The summed E-state index contributed by atoms with van der Waals surface area (Å²) in [6, 6.07) is 82.5. The molecule has 0 saturated carbocycles. The summed E-state index contributed by atoms with van der Waals surface area (Å²) in [5.41, 5.74) is 17.1. The van der Waals surface area contributed by atoms with E-state index in [4.69, 9.17) is 8.83 Å². The van der Waals surface area contributed by atoms with Gasteiger partial charge in [-0.3, -0.25) is 0 Å². The molecule has 0 fully saturated rings. The van der Waals surface area contributed by atoms with Crippen LogP contribution in [-0.4, -0.2) is 0 Å². The number of nitrogens with zero attached hydrogens (tertiary/aromatic N) is 2. The van der Waals surface area contributed by atoms with Crippen LogP contribution in [0.2, 0.25) is 0 Å². The zero-order chi connectivity index (χ0) is 45.3. The third-order valence-electron chi connectivity index (χ3n) is 13.6. The van der Waals surface area contributed by atoms with E-state index < -0.39 is 0 Å². The van der Waals surface area contributed by atoms with Crippen molar-refractivity contribution in [1.82, 2.24) is 0 Å². The number of furan rings is 2. The lowest BCUT2D eigenvalue weighted by Gasteiger charge is -2.29. The van der Waals surface area contributed by atoms with Crippen molar-refractivity contribution < 1.29 is 8.83 Å². The first-order valence-electron chi connectivity index (χ1n) is 23.2. The quantitative estimate of drug-likeness (QED) is 0.152. The minimum Gasteiger partial charge on any atom is -0.456 e. The summed E-state index contributed by atoms with van der Waals surface area (Å²) in [6.45, 7) is 4.36. The van der Waals surface area contributed by atoms with Gasteiger partial charge in [-0.1, -0.05) is 146 Å². The molecule has 2 heterocycles. The molecule has 322 valence electrons. The first kappa shape index (κ1) is 39.5. The van der Waals surface area contributed by atoms with Gasteiger partial charge in [-0.05, 0) is 143 Å². The molecule has 0 aliphatic rings. The van der Waals surface area contributed by atoms with Crippen LogP contribution < -0.4 is 9.80 Å². The van der Waals surface area contributed by atoms with Crippen LogP contribution in [0.3, 0.4) is 0 Å². The largest absolute Gasteiger partial charge is 0.456 e. The zero-order valence-electron chi connectivity index (χ0n) is 37.7. The monoisotopic (exact) mass is 872 g/mol. The second-order valence-electron chi connectivity index (χ2n) is 17.8. The van der Waals surface area contributed by atoms with Crippen molar-refractivity contribution in [2.45, 2.75) is 13.8 Å². The fourth-order valence-corrected chi connectivity index (χ4v) is 10.3. The summed E-state index contributed by atoms with van der Waals surface area (Å²) in [4.78, 5) is 4.77. The fraction of sp³-hybridized carbons (Fsp3) is 0.0312. The van der Waals surface area contributed by atoms with Crippen LogP contribution >= 0.6 is 0 Å². The van der Waals surface area contributed by atoms with Crippen LogP contribution in [0.1, 0.15) is 11.1 Å². The Hall–Kier alpha value is -8.86. The van der Waals surface area contributed by atoms with Crippen LogP contribution in [-0.2, 0) is 0 Å². The van der Waals surface area contributed by atoms with E-state index in [2.05, 4.69) is 254 Å². The molecule has 13 rings (SSSR count). The number of fused-ring (bicyclic) bond motifs is 8. The summed E-state index contributed by atoms with van der Waals surface area (Å²) in [5.74, 6) is 0. The van der Waals surface area contributed by atoms with Gasteiger partial charge in [0.1, 0.15) is 22.3 Å². The van der Waals surface area contributed by atoms with Crippen LogP contribution in [0.4, 0.5) is 34.1 Å². The summed E-state index contributed by atoms with van der Waals surface area (Å²) < 4.78 is 13.5. The van der Waals surface area contributed by atoms with E-state index in [1.807, 2.05) is 0 Å². The molecule has 0 bridgehead atoms. The first-order chi connectivity index (χ1) is 33.5. The summed E-state index contributed by atoms with van der Waals surface area (Å²) >= 11 is 0. The van der Waals surface area contributed by atoms with Gasteiger partial charge in [0.05, 0.1) is 11.4 Å². The normalized spacial score (nSPS) is 11.7. The Kier molecular flexibility index (Phi) is 9.26. The second-order valence-corrected chi connectivity index (χ2v) is 17.8. The van der Waals surface area contributed by atoms with E-state index in [1.165, 1.54) is 33.4 Å². The molecule has 0 atom stereocenters. The van der Waals surface area contributed by atoms with Gasteiger partial charge in [0.25, 0.3) is 0 Å². The third-order valence-corrected chi connectivity index (χ3v) is 13.6. The maximum Gasteiger partial charge on any atom is 0.136 e. The minimum absolute atomic E-state index is 0.838. The standard InChI is InChI=1S/C64H44N2O2/c1-41-17-9-13-25-57(41)65(59-27-15-11-23-51(59)43-19-5-3-6-20-43)49-31-29-45-35-53-55-39-64-56(40-63(55)67-61(53)37-47(45)33-49)54-36-46-30-32-50(34-48(46)38-62(54)68-64)66(58-26-14-10-18-42(58)2)60-28-16-12-24-52(60)44-21-7-4-8-22-44/h3-40H,1-2H3. The van der Waals surface area contributed by atoms with Crippen molar-refractivity contribution >= 4 is 99.5 Å². The molecule has 0 N–H and O–H groups in total. The zero-order valence-corrected chi connectivity index (χ0v) is 37.7. The van der Waals surface area contributed by atoms with Crippen molar-refractivity contribution in [3.05, 3.63) is 242 Å². The fourth-order valence-electron chi connectivity index (χ4n) is 10.3. The summed E-state index contributed by atoms with van der Waals surface area (Å²) in [7, 11) is 0. The number of rotatable bonds is 8. The minimum atomic E-state index is 0.838. The van der Waals surface area contributed by atoms with E-state index in [0.717, 1.165) is 99.5 Å². The van der Waals surface area contributed by atoms with Gasteiger partial charge in [0, 0.05) is 55.4 Å². The number of hydrogen-bond acceptors (Lipinski definition) is 4. The smallest absolute Gasteiger partial charge is 0.136 e. The highest BCUT2D eigenvalue weighted by Gasteiger charge is 2.22. The lowest BCUT2D eigenvalue weighted by atomic mass is 10.00. The molecular formula is C64H44N2O2. The van der Waals surface area contributed by atoms with Crippen LogP contribution in [0.25, 0.3) is 87.7 Å². The Morgan fingerprint density at radius 1 is 0.279 bits per heavy atom. The van der Waals surface area contributed by atoms with Gasteiger partial charge in [0.15, 0.2) is 0 Å². The first-order valence-corrected chi connectivity index (χ1v) is 23.2. The summed E-state index contributed by atoms with van der Waals surface area (Å²) in [5, 5.41) is 8.70. The number of hydrogen-bond donors (Lipinski definition) is 0. The van der Waals surface area contributed by atoms with Crippen molar-refractivity contribution in [1.29, 1.82) is 0 Å². The number of anilines is 6. The SMILES string of the molecule is Cc1ccccc1N(c1ccc2cc3c(cc2c1)oc1cc2c(cc13)oc1cc3cc(N(c4ccccc4C)c4ccccc4-c4ccccc4)ccc3cc12)c1ccccc1-c1ccccc1. The van der Waals surface area contributed by atoms with Gasteiger partial charge in [-0.2, -0.15) is 0 Å². The lowest BCUT2D eigenvalue weighted by Crippen LogP contribution is -2.12. The van der Waals surface area contributed by atoms with Gasteiger partial charge in [-0.25, -0.2) is 0 Å². The highest BCUT2D eigenvalue weighted by atomic mass is 16.3. The highest BCUT2D eigenvalue weighted by molar-refractivity contribution is 6.18. The average Bonchev–Trinajstić information content (AvgIpc) is 3.91. The van der Waals surface area contributed by atoms with E-state index in [-0.39, 0.29) is 0 Å². The Morgan fingerprint density at radius 2 is 0.632 bits per heavy atom. The molecule has 0 amide bonds. The average molecular weight is 873 g/mol. The van der Waals surface area contributed by atoms with Crippen LogP contribution in [0.15, 0.2) is 239 Å². The van der Waals surface area contributed by atoms with Crippen molar-refractivity contribution in [3.63, 3.8) is 0 Å². The Balaban J connectivity index is 0.910. The Bertz CT molecular complexity index is 3810. The van der Waals surface area contributed by atoms with Gasteiger partial charge in [0.2, 0.25) is 0 Å². The molecule has 0 aliphatic carbocycles. The van der Waals surface area contributed by atoms with Crippen molar-refractivity contribution in [2.75, 3.05) is 9.80 Å². The number of aryl methyl sites for hydroxylation is 2. The maximum atomic E-state index is 6.76. The molecule has 0 unspecified atom stereocenters. The molecule has 2 aromatic heterocycles. The molecule has 11 aromatic carbocycles. The molecule has 0 radical (unpaired) electrons.